The predicted octanol–water partition coefficient (Wildman–Crippen LogP) is 3.50. The van der Waals surface area contributed by atoms with Crippen LogP contribution in [-0.4, -0.2) is 20.5 Å². The molecule has 19 heavy (non-hydrogen) atoms. The topological polar surface area (TPSA) is 38.0 Å². The van der Waals surface area contributed by atoms with Gasteiger partial charge in [0.1, 0.15) is 0 Å². The van der Waals surface area contributed by atoms with Crippen molar-refractivity contribution in [2.24, 2.45) is 18.4 Å². The first kappa shape index (κ1) is 14.9. The van der Waals surface area contributed by atoms with Crippen LogP contribution in [0.3, 0.4) is 0 Å². The van der Waals surface area contributed by atoms with E-state index in [1.165, 1.54) is 0 Å². The van der Waals surface area contributed by atoms with E-state index in [-0.39, 0.29) is 5.92 Å². The largest absolute Gasteiger partial charge is 0.389 e. The highest BCUT2D eigenvalue weighted by Crippen LogP contribution is 2.45. The molecule has 1 saturated carbocycles. The van der Waals surface area contributed by atoms with Gasteiger partial charge >= 0.3 is 0 Å². The first-order valence-corrected chi connectivity index (χ1v) is 7.43. The Morgan fingerprint density at radius 3 is 2.53 bits per heavy atom. The zero-order valence-electron chi connectivity index (χ0n) is 12.6. The Balaban J connectivity index is 2.22. The van der Waals surface area contributed by atoms with Crippen LogP contribution in [0.4, 0.5) is 0 Å². The van der Waals surface area contributed by atoms with Crippen molar-refractivity contribution < 1.29 is 5.11 Å². The van der Waals surface area contributed by atoms with Gasteiger partial charge in [0.2, 0.25) is 0 Å². The first-order chi connectivity index (χ1) is 8.65. The minimum absolute atomic E-state index is 0.280. The van der Waals surface area contributed by atoms with Gasteiger partial charge in [0.15, 0.2) is 0 Å². The zero-order valence-corrected chi connectivity index (χ0v) is 13.4. The molecule has 1 fully saturated rings. The van der Waals surface area contributed by atoms with Crippen LogP contribution in [0, 0.1) is 18.3 Å². The number of hydrogen-bond donors (Lipinski definition) is 1. The van der Waals surface area contributed by atoms with Crippen LogP contribution in [0.1, 0.15) is 51.4 Å². The second kappa shape index (κ2) is 4.78. The maximum Gasteiger partial charge on any atom is 0.0848 e. The van der Waals surface area contributed by atoms with Crippen molar-refractivity contribution in [3.8, 4) is 0 Å². The van der Waals surface area contributed by atoms with Crippen LogP contribution in [0.5, 0.6) is 0 Å². The van der Waals surface area contributed by atoms with E-state index in [0.717, 1.165) is 30.7 Å². The maximum absolute atomic E-state index is 11.0. The summed E-state index contributed by atoms with van der Waals surface area (Å²) in [6.07, 6.45) is 3.54. The van der Waals surface area contributed by atoms with Crippen molar-refractivity contribution >= 4 is 11.6 Å². The van der Waals surface area contributed by atoms with Gasteiger partial charge in [-0.1, -0.05) is 32.4 Å². The van der Waals surface area contributed by atoms with Crippen LogP contribution >= 0.6 is 11.6 Å². The fraction of sp³-hybridized carbons (Fsp3) is 0.800. The lowest BCUT2D eigenvalue weighted by Gasteiger charge is -2.45. The molecule has 0 bridgehead atoms. The minimum atomic E-state index is -0.653. The predicted molar refractivity (Wildman–Crippen MR) is 78.4 cm³/mol. The van der Waals surface area contributed by atoms with Gasteiger partial charge in [-0.05, 0) is 37.5 Å². The summed E-state index contributed by atoms with van der Waals surface area (Å²) in [6, 6.07) is 0. The van der Waals surface area contributed by atoms with Crippen molar-refractivity contribution in [3.63, 3.8) is 0 Å². The highest BCUT2D eigenvalue weighted by molar-refractivity contribution is 6.31. The fourth-order valence-corrected chi connectivity index (χ4v) is 3.57. The first-order valence-electron chi connectivity index (χ1n) is 7.05. The SMILES string of the molecule is Cc1nn(C)c(CC2(O)CCC(C)(C)CC2C)c1Cl. The van der Waals surface area contributed by atoms with Crippen LogP contribution in [0.25, 0.3) is 0 Å². The third-order valence-electron chi connectivity index (χ3n) is 4.75. The van der Waals surface area contributed by atoms with Gasteiger partial charge in [-0.15, -0.1) is 0 Å². The number of nitrogens with zero attached hydrogens (tertiary/aromatic N) is 2. The van der Waals surface area contributed by atoms with Gasteiger partial charge in [0.25, 0.3) is 0 Å². The average Bonchev–Trinajstić information content (AvgIpc) is 2.52. The second-order valence-electron chi connectivity index (χ2n) is 7.02. The normalized spacial score (nSPS) is 30.6. The molecule has 0 aromatic carbocycles. The smallest absolute Gasteiger partial charge is 0.0848 e. The molecule has 0 amide bonds. The highest BCUT2D eigenvalue weighted by Gasteiger charge is 2.43. The Hall–Kier alpha value is -0.540. The average molecular weight is 285 g/mol. The summed E-state index contributed by atoms with van der Waals surface area (Å²) in [5, 5.41) is 16.0. The van der Waals surface area contributed by atoms with Crippen LogP contribution in [0.15, 0.2) is 0 Å². The summed E-state index contributed by atoms with van der Waals surface area (Å²) in [6.45, 7) is 8.62. The van der Waals surface area contributed by atoms with Crippen LogP contribution in [-0.2, 0) is 13.5 Å². The molecule has 2 rings (SSSR count). The molecular formula is C15H25ClN2O. The van der Waals surface area contributed by atoms with E-state index in [4.69, 9.17) is 11.6 Å². The van der Waals surface area contributed by atoms with E-state index in [2.05, 4.69) is 25.9 Å². The molecule has 2 atom stereocenters. The summed E-state index contributed by atoms with van der Waals surface area (Å²) < 4.78 is 1.81. The molecule has 0 saturated heterocycles. The number of aryl methyl sites for hydroxylation is 2. The molecule has 1 aliphatic rings. The molecule has 1 aromatic heterocycles. The van der Waals surface area contributed by atoms with Crippen LogP contribution < -0.4 is 0 Å². The summed E-state index contributed by atoms with van der Waals surface area (Å²) >= 11 is 6.30. The molecule has 2 unspecified atom stereocenters. The Labute approximate surface area is 121 Å². The summed E-state index contributed by atoms with van der Waals surface area (Å²) in [5.41, 5.74) is 1.47. The lowest BCUT2D eigenvalue weighted by atomic mass is 9.64. The summed E-state index contributed by atoms with van der Waals surface area (Å²) in [5.74, 6) is 0.280. The van der Waals surface area contributed by atoms with E-state index in [0.29, 0.717) is 16.9 Å². The molecule has 1 heterocycles. The molecular weight excluding hydrogens is 260 g/mol. The van der Waals surface area contributed by atoms with Gasteiger partial charge in [-0.3, -0.25) is 4.68 Å². The van der Waals surface area contributed by atoms with Crippen molar-refractivity contribution in [2.75, 3.05) is 0 Å². The fourth-order valence-electron chi connectivity index (χ4n) is 3.35. The van der Waals surface area contributed by atoms with Crippen molar-refractivity contribution in [3.05, 3.63) is 16.4 Å². The van der Waals surface area contributed by atoms with E-state index in [9.17, 15) is 5.11 Å². The summed E-state index contributed by atoms with van der Waals surface area (Å²) in [7, 11) is 1.90. The molecule has 3 nitrogen and oxygen atoms in total. The molecule has 1 aliphatic carbocycles. The Morgan fingerprint density at radius 1 is 1.42 bits per heavy atom. The van der Waals surface area contributed by atoms with Gasteiger partial charge in [-0.25, -0.2) is 0 Å². The van der Waals surface area contributed by atoms with E-state index >= 15 is 0 Å². The number of rotatable bonds is 2. The Bertz CT molecular complexity index is 481. The van der Waals surface area contributed by atoms with E-state index < -0.39 is 5.60 Å². The molecule has 108 valence electrons. The van der Waals surface area contributed by atoms with Gasteiger partial charge in [-0.2, -0.15) is 5.10 Å². The zero-order chi connectivity index (χ0) is 14.4. The molecule has 0 spiro atoms. The van der Waals surface area contributed by atoms with Gasteiger partial charge in [0.05, 0.1) is 22.0 Å². The van der Waals surface area contributed by atoms with Gasteiger partial charge in [0, 0.05) is 13.5 Å². The standard InChI is InChI=1S/C15H25ClN2O/c1-10-8-14(3,4)6-7-15(10,19)9-12-13(16)11(2)17-18(12)5/h10,19H,6-9H2,1-5H3. The third-order valence-corrected chi connectivity index (χ3v) is 5.24. The summed E-state index contributed by atoms with van der Waals surface area (Å²) in [4.78, 5) is 0. The second-order valence-corrected chi connectivity index (χ2v) is 7.40. The van der Waals surface area contributed by atoms with Gasteiger partial charge < -0.3 is 5.11 Å². The number of aromatic nitrogens is 2. The molecule has 1 N–H and O–H groups in total. The van der Waals surface area contributed by atoms with Crippen molar-refractivity contribution in [1.29, 1.82) is 0 Å². The van der Waals surface area contributed by atoms with E-state index in [1.807, 2.05) is 18.7 Å². The maximum atomic E-state index is 11.0. The monoisotopic (exact) mass is 284 g/mol. The number of aliphatic hydroxyl groups is 1. The molecule has 0 aliphatic heterocycles. The lowest BCUT2D eigenvalue weighted by molar-refractivity contribution is -0.0714. The molecule has 1 aromatic rings. The third kappa shape index (κ3) is 2.82. The highest BCUT2D eigenvalue weighted by atomic mass is 35.5. The number of hydrogen-bond acceptors (Lipinski definition) is 2. The Morgan fingerprint density at radius 2 is 2.05 bits per heavy atom. The minimum Gasteiger partial charge on any atom is -0.389 e. The van der Waals surface area contributed by atoms with E-state index in [1.54, 1.807) is 0 Å². The van der Waals surface area contributed by atoms with Crippen molar-refractivity contribution in [1.82, 2.24) is 9.78 Å². The Kier molecular flexibility index (Phi) is 3.74. The quantitative estimate of drug-likeness (QED) is 0.903. The number of halogens is 1. The lowest BCUT2D eigenvalue weighted by Crippen LogP contribution is -2.46. The van der Waals surface area contributed by atoms with Crippen molar-refractivity contribution in [2.45, 2.75) is 59.0 Å². The molecule has 0 radical (unpaired) electrons. The van der Waals surface area contributed by atoms with Crippen LogP contribution in [0.2, 0.25) is 5.02 Å². The molecule has 4 heteroatoms.